The standard InChI is InChI=1S/C28H44/c1-3-5-6-7-8-9-10-24-13-17-26(18-14-24)28-21-19-27(20-22-28)25-15-11-23(4-2)12-16-25/h17,19-25H,3-16,18H2,1-2H3. The molecule has 156 valence electrons. The van der Waals surface area contributed by atoms with Crippen LogP contribution in [0.15, 0.2) is 30.3 Å². The van der Waals surface area contributed by atoms with Crippen molar-refractivity contribution in [3.05, 3.63) is 41.5 Å². The van der Waals surface area contributed by atoms with Crippen LogP contribution < -0.4 is 0 Å². The summed E-state index contributed by atoms with van der Waals surface area (Å²) in [7, 11) is 0. The third kappa shape index (κ3) is 6.50. The molecule has 1 saturated carbocycles. The van der Waals surface area contributed by atoms with Crippen molar-refractivity contribution < 1.29 is 0 Å². The van der Waals surface area contributed by atoms with Gasteiger partial charge in [0.15, 0.2) is 0 Å². The summed E-state index contributed by atoms with van der Waals surface area (Å²) < 4.78 is 0. The third-order valence-corrected chi connectivity index (χ3v) is 7.66. The van der Waals surface area contributed by atoms with Gasteiger partial charge in [0.25, 0.3) is 0 Å². The fourth-order valence-electron chi connectivity index (χ4n) is 5.50. The molecule has 1 unspecified atom stereocenters. The van der Waals surface area contributed by atoms with Crippen LogP contribution in [0.3, 0.4) is 0 Å². The van der Waals surface area contributed by atoms with Crippen LogP contribution in [0.2, 0.25) is 0 Å². The zero-order valence-corrected chi connectivity index (χ0v) is 18.7. The molecule has 0 bridgehead atoms. The van der Waals surface area contributed by atoms with Crippen LogP contribution in [0.1, 0.15) is 127 Å². The van der Waals surface area contributed by atoms with E-state index in [1.54, 1.807) is 11.1 Å². The summed E-state index contributed by atoms with van der Waals surface area (Å²) in [5, 5.41) is 0. The van der Waals surface area contributed by atoms with E-state index >= 15 is 0 Å². The zero-order chi connectivity index (χ0) is 19.6. The normalized spacial score (nSPS) is 25.5. The minimum Gasteiger partial charge on any atom is -0.0804 e. The van der Waals surface area contributed by atoms with E-state index in [1.807, 2.05) is 0 Å². The summed E-state index contributed by atoms with van der Waals surface area (Å²) in [6.07, 6.45) is 23.7. The van der Waals surface area contributed by atoms with Gasteiger partial charge in [-0.2, -0.15) is 0 Å². The van der Waals surface area contributed by atoms with E-state index in [0.29, 0.717) is 0 Å². The average molecular weight is 381 g/mol. The van der Waals surface area contributed by atoms with Crippen LogP contribution in [0.4, 0.5) is 0 Å². The van der Waals surface area contributed by atoms with Gasteiger partial charge in [-0.1, -0.05) is 95.6 Å². The molecule has 0 N–H and O–H groups in total. The van der Waals surface area contributed by atoms with E-state index in [1.165, 1.54) is 102 Å². The van der Waals surface area contributed by atoms with Crippen LogP contribution >= 0.6 is 0 Å². The highest BCUT2D eigenvalue weighted by molar-refractivity contribution is 5.66. The molecule has 2 aliphatic rings. The van der Waals surface area contributed by atoms with E-state index in [-0.39, 0.29) is 0 Å². The molecule has 0 spiro atoms. The molecular formula is C28H44. The fourth-order valence-corrected chi connectivity index (χ4v) is 5.50. The topological polar surface area (TPSA) is 0 Å². The summed E-state index contributed by atoms with van der Waals surface area (Å²) in [4.78, 5) is 0. The van der Waals surface area contributed by atoms with Gasteiger partial charge in [-0.05, 0) is 79.4 Å². The highest BCUT2D eigenvalue weighted by Crippen LogP contribution is 2.38. The summed E-state index contributed by atoms with van der Waals surface area (Å²) in [6.45, 7) is 4.66. The first-order chi connectivity index (χ1) is 13.8. The largest absolute Gasteiger partial charge is 0.0804 e. The van der Waals surface area contributed by atoms with Crippen molar-refractivity contribution in [1.29, 1.82) is 0 Å². The van der Waals surface area contributed by atoms with Gasteiger partial charge in [0.05, 0.1) is 0 Å². The van der Waals surface area contributed by atoms with Gasteiger partial charge in [0.2, 0.25) is 0 Å². The number of unbranched alkanes of at least 4 members (excludes halogenated alkanes) is 5. The van der Waals surface area contributed by atoms with E-state index in [0.717, 1.165) is 17.8 Å². The Morgan fingerprint density at radius 3 is 2.11 bits per heavy atom. The van der Waals surface area contributed by atoms with Crippen LogP contribution in [0.5, 0.6) is 0 Å². The molecule has 28 heavy (non-hydrogen) atoms. The zero-order valence-electron chi connectivity index (χ0n) is 18.7. The van der Waals surface area contributed by atoms with Crippen LogP contribution in [-0.4, -0.2) is 0 Å². The van der Waals surface area contributed by atoms with Crippen molar-refractivity contribution in [3.8, 4) is 0 Å². The second-order valence-electron chi connectivity index (χ2n) is 9.67. The molecule has 0 heteroatoms. The lowest BCUT2D eigenvalue weighted by atomic mass is 9.77. The fraction of sp³-hybridized carbons (Fsp3) is 0.714. The molecule has 0 aliphatic heterocycles. The molecular weight excluding hydrogens is 336 g/mol. The molecule has 0 radical (unpaired) electrons. The van der Waals surface area contributed by atoms with Crippen molar-refractivity contribution >= 4 is 5.57 Å². The van der Waals surface area contributed by atoms with Crippen molar-refractivity contribution in [2.75, 3.05) is 0 Å². The highest BCUT2D eigenvalue weighted by Gasteiger charge is 2.21. The number of allylic oxidation sites excluding steroid dienone is 2. The molecule has 0 saturated heterocycles. The summed E-state index contributed by atoms with van der Waals surface area (Å²) >= 11 is 0. The van der Waals surface area contributed by atoms with Crippen molar-refractivity contribution in [2.45, 2.75) is 116 Å². The van der Waals surface area contributed by atoms with Gasteiger partial charge in [-0.3, -0.25) is 0 Å². The maximum atomic E-state index is 2.56. The van der Waals surface area contributed by atoms with Gasteiger partial charge in [0.1, 0.15) is 0 Å². The van der Waals surface area contributed by atoms with Crippen molar-refractivity contribution in [3.63, 3.8) is 0 Å². The Balaban J connectivity index is 1.42. The Hall–Kier alpha value is -1.04. The van der Waals surface area contributed by atoms with Gasteiger partial charge in [-0.15, -0.1) is 0 Å². The van der Waals surface area contributed by atoms with Crippen molar-refractivity contribution in [1.82, 2.24) is 0 Å². The molecule has 0 aromatic heterocycles. The van der Waals surface area contributed by atoms with Gasteiger partial charge in [0, 0.05) is 0 Å². The molecule has 0 heterocycles. The van der Waals surface area contributed by atoms with Gasteiger partial charge in [-0.25, -0.2) is 0 Å². The molecule has 2 aliphatic carbocycles. The maximum Gasteiger partial charge on any atom is -0.0162 e. The Morgan fingerprint density at radius 2 is 1.46 bits per heavy atom. The number of rotatable bonds is 10. The average Bonchev–Trinajstić information content (AvgIpc) is 2.77. The summed E-state index contributed by atoms with van der Waals surface area (Å²) in [5.74, 6) is 2.76. The van der Waals surface area contributed by atoms with Gasteiger partial charge >= 0.3 is 0 Å². The quantitative estimate of drug-likeness (QED) is 0.355. The predicted molar refractivity (Wildman–Crippen MR) is 125 cm³/mol. The lowest BCUT2D eigenvalue weighted by molar-refractivity contribution is 0.319. The van der Waals surface area contributed by atoms with Gasteiger partial charge < -0.3 is 0 Å². The molecule has 0 nitrogen and oxygen atoms in total. The molecule has 0 amide bonds. The Bertz CT molecular complexity index is 571. The van der Waals surface area contributed by atoms with Crippen LogP contribution in [-0.2, 0) is 0 Å². The minimum atomic E-state index is 0.818. The first-order valence-corrected chi connectivity index (χ1v) is 12.6. The third-order valence-electron chi connectivity index (χ3n) is 7.66. The number of hydrogen-bond acceptors (Lipinski definition) is 0. The lowest BCUT2D eigenvalue weighted by Crippen LogP contribution is -2.12. The molecule has 1 atom stereocenters. The summed E-state index contributed by atoms with van der Waals surface area (Å²) in [6, 6.07) is 9.72. The van der Waals surface area contributed by atoms with E-state index in [2.05, 4.69) is 44.2 Å². The van der Waals surface area contributed by atoms with E-state index < -0.39 is 0 Å². The smallest absolute Gasteiger partial charge is 0.0162 e. The molecule has 3 rings (SSSR count). The summed E-state index contributed by atoms with van der Waals surface area (Å²) in [5.41, 5.74) is 4.69. The maximum absolute atomic E-state index is 2.56. The predicted octanol–water partition coefficient (Wildman–Crippen LogP) is 9.30. The molecule has 1 aromatic rings. The Labute approximate surface area is 175 Å². The number of benzene rings is 1. The molecule has 1 fully saturated rings. The minimum absolute atomic E-state index is 0.818. The van der Waals surface area contributed by atoms with Crippen molar-refractivity contribution in [2.24, 2.45) is 11.8 Å². The Morgan fingerprint density at radius 1 is 0.750 bits per heavy atom. The first-order valence-electron chi connectivity index (χ1n) is 12.6. The SMILES string of the molecule is CCCCCCCCC1CC=C(c2ccc(C3CCC(CC)CC3)cc2)CC1. The first kappa shape index (κ1) is 21.7. The Kier molecular flexibility index (Phi) is 9.16. The van der Waals surface area contributed by atoms with Crippen LogP contribution in [0.25, 0.3) is 5.57 Å². The lowest BCUT2D eigenvalue weighted by Gasteiger charge is -2.28. The monoisotopic (exact) mass is 380 g/mol. The second kappa shape index (κ2) is 11.8. The number of hydrogen-bond donors (Lipinski definition) is 0. The van der Waals surface area contributed by atoms with E-state index in [9.17, 15) is 0 Å². The second-order valence-corrected chi connectivity index (χ2v) is 9.67. The van der Waals surface area contributed by atoms with Crippen LogP contribution in [0, 0.1) is 11.8 Å². The molecule has 1 aromatic carbocycles. The van der Waals surface area contributed by atoms with E-state index in [4.69, 9.17) is 0 Å². The highest BCUT2D eigenvalue weighted by atomic mass is 14.3.